The summed E-state index contributed by atoms with van der Waals surface area (Å²) in [6.07, 6.45) is 0.541. The van der Waals surface area contributed by atoms with Crippen LogP contribution in [0.3, 0.4) is 0 Å². The van der Waals surface area contributed by atoms with E-state index in [1.165, 1.54) is 11.1 Å². The van der Waals surface area contributed by atoms with Crippen LogP contribution in [0.4, 0.5) is 0 Å². The van der Waals surface area contributed by atoms with Crippen LogP contribution in [-0.4, -0.2) is 54.6 Å². The molecule has 0 aliphatic carbocycles. The van der Waals surface area contributed by atoms with Crippen LogP contribution in [-0.2, 0) is 4.79 Å². The van der Waals surface area contributed by atoms with Crippen molar-refractivity contribution in [2.24, 2.45) is 0 Å². The van der Waals surface area contributed by atoms with Gasteiger partial charge in [-0.3, -0.25) is 4.79 Å². The molecule has 27 heavy (non-hydrogen) atoms. The number of piperazine rings is 1. The minimum Gasteiger partial charge on any atom is -1.00 e. The van der Waals surface area contributed by atoms with E-state index in [9.17, 15) is 4.79 Å². The normalized spacial score (nSPS) is 16.3. The van der Waals surface area contributed by atoms with Crippen molar-refractivity contribution in [2.45, 2.75) is 32.2 Å². The van der Waals surface area contributed by atoms with Gasteiger partial charge in [0.15, 0.2) is 0 Å². The lowest BCUT2D eigenvalue weighted by atomic mass is 9.88. The van der Waals surface area contributed by atoms with Crippen molar-refractivity contribution in [1.82, 2.24) is 4.90 Å². The Hall–Kier alpha value is -1.40. The first-order chi connectivity index (χ1) is 12.5. The molecule has 0 N–H and O–H groups in total. The molecule has 1 amide bonds. The van der Waals surface area contributed by atoms with Crippen LogP contribution in [0.5, 0.6) is 0 Å². The molecule has 1 fully saturated rings. The monoisotopic (exact) mass is 478 g/mol. The van der Waals surface area contributed by atoms with Gasteiger partial charge >= 0.3 is 0 Å². The van der Waals surface area contributed by atoms with Gasteiger partial charge in [0.25, 0.3) is 0 Å². The number of rotatable bonds is 5. The fourth-order valence-electron chi connectivity index (χ4n) is 3.79. The number of quaternary nitrogens is 1. The van der Waals surface area contributed by atoms with Gasteiger partial charge in [-0.05, 0) is 25.0 Å². The summed E-state index contributed by atoms with van der Waals surface area (Å²) in [5.74, 6) is 0.399. The molecule has 2 aromatic carbocycles. The van der Waals surface area contributed by atoms with Gasteiger partial charge in [-0.2, -0.15) is 0 Å². The SMILES string of the molecule is CC(C)[N+]1(C)CCN(C(=O)CC(c2ccccc2)c2ccccc2)CC1.[I-]. The molecule has 0 bridgehead atoms. The fraction of sp³-hybridized carbons (Fsp3) is 0.435. The van der Waals surface area contributed by atoms with Gasteiger partial charge in [0.05, 0.1) is 39.3 Å². The number of likely N-dealkylation sites (N-methyl/N-ethyl adjacent to an activating group) is 1. The second-order valence-corrected chi connectivity index (χ2v) is 7.98. The van der Waals surface area contributed by atoms with Crippen LogP contribution in [0.15, 0.2) is 60.7 Å². The largest absolute Gasteiger partial charge is 1.00 e. The number of carbonyl (C=O) groups excluding carboxylic acids is 1. The zero-order chi connectivity index (χ0) is 18.6. The minimum atomic E-state index is 0. The van der Waals surface area contributed by atoms with Crippen molar-refractivity contribution in [3.63, 3.8) is 0 Å². The Morgan fingerprint density at radius 3 is 1.78 bits per heavy atom. The Bertz CT molecular complexity index is 670. The van der Waals surface area contributed by atoms with Crippen molar-refractivity contribution in [3.8, 4) is 0 Å². The fourth-order valence-corrected chi connectivity index (χ4v) is 3.79. The highest BCUT2D eigenvalue weighted by molar-refractivity contribution is 5.78. The van der Waals surface area contributed by atoms with E-state index in [0.29, 0.717) is 12.5 Å². The zero-order valence-corrected chi connectivity index (χ0v) is 18.8. The summed E-state index contributed by atoms with van der Waals surface area (Å²) in [6.45, 7) is 8.37. The van der Waals surface area contributed by atoms with Crippen molar-refractivity contribution in [2.75, 3.05) is 33.2 Å². The first kappa shape index (κ1) is 21.9. The highest BCUT2D eigenvalue weighted by Gasteiger charge is 2.33. The van der Waals surface area contributed by atoms with E-state index in [2.05, 4.69) is 74.3 Å². The summed E-state index contributed by atoms with van der Waals surface area (Å²) < 4.78 is 1.06. The highest BCUT2D eigenvalue weighted by atomic mass is 127. The molecular formula is C23H31IN2O. The van der Waals surface area contributed by atoms with Crippen molar-refractivity contribution < 1.29 is 33.3 Å². The number of hydrogen-bond donors (Lipinski definition) is 0. The molecule has 146 valence electrons. The van der Waals surface area contributed by atoms with Crippen LogP contribution in [0.25, 0.3) is 0 Å². The van der Waals surface area contributed by atoms with Crippen LogP contribution < -0.4 is 24.0 Å². The topological polar surface area (TPSA) is 20.3 Å². The van der Waals surface area contributed by atoms with E-state index in [0.717, 1.165) is 30.7 Å². The molecule has 1 aliphatic heterocycles. The lowest BCUT2D eigenvalue weighted by molar-refractivity contribution is -0.933. The Labute approximate surface area is 181 Å². The van der Waals surface area contributed by atoms with Crippen LogP contribution >= 0.6 is 0 Å². The first-order valence-electron chi connectivity index (χ1n) is 9.71. The predicted octanol–water partition coefficient (Wildman–Crippen LogP) is 0.910. The van der Waals surface area contributed by atoms with Crippen LogP contribution in [0, 0.1) is 0 Å². The van der Waals surface area contributed by atoms with Gasteiger partial charge < -0.3 is 33.4 Å². The smallest absolute Gasteiger partial charge is 0.223 e. The number of nitrogens with zero attached hydrogens (tertiary/aromatic N) is 2. The maximum atomic E-state index is 13.1. The summed E-state index contributed by atoms with van der Waals surface area (Å²) in [5.41, 5.74) is 2.43. The molecule has 0 saturated carbocycles. The molecule has 3 rings (SSSR count). The number of benzene rings is 2. The third kappa shape index (κ3) is 5.32. The molecule has 1 aliphatic rings. The highest BCUT2D eigenvalue weighted by Crippen LogP contribution is 2.29. The Morgan fingerprint density at radius 2 is 1.37 bits per heavy atom. The first-order valence-corrected chi connectivity index (χ1v) is 9.71. The molecule has 0 unspecified atom stereocenters. The van der Waals surface area contributed by atoms with Crippen molar-refractivity contribution >= 4 is 5.91 Å². The van der Waals surface area contributed by atoms with Gasteiger partial charge in [-0.1, -0.05) is 60.7 Å². The third-order valence-electron chi connectivity index (χ3n) is 6.14. The molecule has 1 heterocycles. The van der Waals surface area contributed by atoms with Gasteiger partial charge in [-0.25, -0.2) is 0 Å². The lowest BCUT2D eigenvalue weighted by Gasteiger charge is -2.45. The maximum Gasteiger partial charge on any atom is 0.223 e. The molecule has 2 aromatic rings. The average molecular weight is 478 g/mol. The van der Waals surface area contributed by atoms with Crippen LogP contribution in [0.2, 0.25) is 0 Å². The van der Waals surface area contributed by atoms with E-state index < -0.39 is 0 Å². The van der Waals surface area contributed by atoms with Crippen molar-refractivity contribution in [3.05, 3.63) is 71.8 Å². The Balaban J connectivity index is 0.00000261. The average Bonchev–Trinajstić information content (AvgIpc) is 2.68. The standard InChI is InChI=1S/C23H31N2O.HI/c1-19(2)25(3)16-14-24(15-17-25)23(26)18-22(20-10-6-4-7-11-20)21-12-8-5-9-13-21;/h4-13,19,22H,14-18H2,1-3H3;1H/q+1;/p-1. The molecule has 3 nitrogen and oxygen atoms in total. The van der Waals surface area contributed by atoms with Gasteiger partial charge in [0.1, 0.15) is 0 Å². The van der Waals surface area contributed by atoms with E-state index in [1.54, 1.807) is 0 Å². The van der Waals surface area contributed by atoms with Crippen LogP contribution in [0.1, 0.15) is 37.3 Å². The summed E-state index contributed by atoms with van der Waals surface area (Å²) in [7, 11) is 2.31. The molecule has 0 spiro atoms. The number of carbonyl (C=O) groups is 1. The summed E-state index contributed by atoms with van der Waals surface area (Å²) in [6, 6.07) is 21.4. The zero-order valence-electron chi connectivity index (χ0n) is 16.6. The lowest BCUT2D eigenvalue weighted by Crippen LogP contribution is -3.00. The minimum absolute atomic E-state index is 0. The third-order valence-corrected chi connectivity index (χ3v) is 6.14. The molecule has 0 atom stereocenters. The Morgan fingerprint density at radius 1 is 0.926 bits per heavy atom. The molecular weight excluding hydrogens is 447 g/mol. The molecule has 0 aromatic heterocycles. The second-order valence-electron chi connectivity index (χ2n) is 7.98. The maximum absolute atomic E-state index is 13.1. The predicted molar refractivity (Wildman–Crippen MR) is 107 cm³/mol. The van der Waals surface area contributed by atoms with Gasteiger partial charge in [0, 0.05) is 12.3 Å². The van der Waals surface area contributed by atoms with E-state index in [1.807, 2.05) is 12.1 Å². The van der Waals surface area contributed by atoms with Gasteiger partial charge in [-0.15, -0.1) is 0 Å². The van der Waals surface area contributed by atoms with E-state index in [4.69, 9.17) is 0 Å². The number of hydrogen-bond acceptors (Lipinski definition) is 1. The summed E-state index contributed by atoms with van der Waals surface area (Å²) in [4.78, 5) is 15.1. The Kier molecular flexibility index (Phi) is 7.86. The summed E-state index contributed by atoms with van der Waals surface area (Å²) >= 11 is 0. The molecule has 1 saturated heterocycles. The van der Waals surface area contributed by atoms with E-state index in [-0.39, 0.29) is 35.8 Å². The van der Waals surface area contributed by atoms with E-state index >= 15 is 0 Å². The van der Waals surface area contributed by atoms with Gasteiger partial charge in [0.2, 0.25) is 5.91 Å². The number of halogens is 1. The number of amides is 1. The van der Waals surface area contributed by atoms with Crippen molar-refractivity contribution in [1.29, 1.82) is 0 Å². The molecule has 0 radical (unpaired) electrons. The quantitative estimate of drug-likeness (QED) is 0.463. The summed E-state index contributed by atoms with van der Waals surface area (Å²) in [5, 5.41) is 0. The second kappa shape index (κ2) is 9.69. The molecule has 4 heteroatoms.